The third-order valence-electron chi connectivity index (χ3n) is 3.39. The number of nitrogens with two attached hydrogens (primary N) is 3. The number of halogens is 3. The molecular formula is C14H20Cl2FN7S. The van der Waals surface area contributed by atoms with Crippen molar-refractivity contribution in [3.8, 4) is 10.6 Å². The van der Waals surface area contributed by atoms with Crippen molar-refractivity contribution in [1.82, 2.24) is 21.1 Å². The van der Waals surface area contributed by atoms with E-state index in [1.165, 1.54) is 11.3 Å². The Morgan fingerprint density at radius 1 is 1.24 bits per heavy atom. The van der Waals surface area contributed by atoms with Gasteiger partial charge in [0.2, 0.25) is 0 Å². The molecule has 0 amide bonds. The van der Waals surface area contributed by atoms with Crippen LogP contribution in [0.2, 0.25) is 0 Å². The third-order valence-corrected chi connectivity index (χ3v) is 4.38. The molecule has 0 spiro atoms. The molecule has 0 saturated carbocycles. The van der Waals surface area contributed by atoms with E-state index in [2.05, 4.69) is 15.0 Å². The fraction of sp³-hybridized carbons (Fsp3) is 0.214. The first kappa shape index (κ1) is 23.2. The van der Waals surface area contributed by atoms with Crippen LogP contribution in [0.5, 0.6) is 0 Å². The Hall–Kier alpha value is -1.78. The van der Waals surface area contributed by atoms with Crippen LogP contribution in [0.3, 0.4) is 0 Å². The fourth-order valence-corrected chi connectivity index (χ4v) is 3.17. The van der Waals surface area contributed by atoms with Gasteiger partial charge in [0.1, 0.15) is 11.2 Å². The van der Waals surface area contributed by atoms with Crippen molar-refractivity contribution >= 4 is 41.3 Å². The fourth-order valence-electron chi connectivity index (χ4n) is 2.34. The van der Waals surface area contributed by atoms with E-state index in [9.17, 15) is 4.39 Å². The van der Waals surface area contributed by atoms with Gasteiger partial charge < -0.3 is 23.4 Å². The van der Waals surface area contributed by atoms with Gasteiger partial charge in [0.05, 0.1) is 16.8 Å². The summed E-state index contributed by atoms with van der Waals surface area (Å²) in [4.78, 5) is 13.0. The molecule has 7 nitrogen and oxygen atoms in total. The minimum absolute atomic E-state index is 0. The maximum atomic E-state index is 14.1. The topological polar surface area (TPSA) is 152 Å². The summed E-state index contributed by atoms with van der Waals surface area (Å²) < 4.78 is 14.1. The molecule has 1 aliphatic rings. The maximum Gasteiger partial charge on any atom is 0.180 e. The van der Waals surface area contributed by atoms with Gasteiger partial charge in [0.15, 0.2) is 16.8 Å². The van der Waals surface area contributed by atoms with Crippen LogP contribution in [-0.4, -0.2) is 15.0 Å². The number of aryl methyl sites for hydroxylation is 1. The summed E-state index contributed by atoms with van der Waals surface area (Å²) in [6, 6.07) is 0. The number of anilines is 1. The summed E-state index contributed by atoms with van der Waals surface area (Å²) in [6.07, 6.45) is 6.77. The number of hydrogen-bond acceptors (Lipinski definition) is 8. The number of hydrogen-bond donors (Lipinski definition) is 4. The lowest BCUT2D eigenvalue weighted by atomic mass is 9.89. The molecule has 0 fully saturated rings. The van der Waals surface area contributed by atoms with Gasteiger partial charge in [-0.2, -0.15) is 0 Å². The van der Waals surface area contributed by atoms with Crippen molar-refractivity contribution in [3.63, 3.8) is 0 Å². The number of thiazole rings is 1. The highest BCUT2D eigenvalue weighted by atomic mass is 35.5. The largest absolute Gasteiger partial charge is 0.402 e. The highest BCUT2D eigenvalue weighted by Crippen LogP contribution is 2.33. The van der Waals surface area contributed by atoms with Crippen molar-refractivity contribution in [2.24, 2.45) is 11.5 Å². The molecular weight excluding hydrogens is 388 g/mol. The van der Waals surface area contributed by atoms with E-state index in [0.29, 0.717) is 33.6 Å². The smallest absolute Gasteiger partial charge is 0.180 e. The van der Waals surface area contributed by atoms with Gasteiger partial charge in [-0.15, -0.1) is 24.8 Å². The normalized spacial score (nSPS) is 18.4. The lowest BCUT2D eigenvalue weighted by molar-refractivity contribution is 0.502. The number of nitrogens with zero attached hydrogens (tertiary/aromatic N) is 3. The molecule has 0 aromatic carbocycles. The average molecular weight is 408 g/mol. The number of nitrogen functional groups attached to an aromatic ring is 1. The molecule has 9 N–H and O–H groups in total. The predicted octanol–water partition coefficient (Wildman–Crippen LogP) is 2.59. The summed E-state index contributed by atoms with van der Waals surface area (Å²) >= 11 is 1.18. The Morgan fingerprint density at radius 3 is 2.48 bits per heavy atom. The van der Waals surface area contributed by atoms with E-state index in [1.54, 1.807) is 25.2 Å². The van der Waals surface area contributed by atoms with Crippen LogP contribution < -0.4 is 23.4 Å². The van der Waals surface area contributed by atoms with Crippen LogP contribution in [0.1, 0.15) is 17.9 Å². The maximum absolute atomic E-state index is 14.1. The second-order valence-corrected chi connectivity index (χ2v) is 6.21. The van der Waals surface area contributed by atoms with E-state index in [-0.39, 0.29) is 36.7 Å². The van der Waals surface area contributed by atoms with Gasteiger partial charge in [-0.25, -0.2) is 19.3 Å². The third kappa shape index (κ3) is 4.44. The zero-order chi connectivity index (χ0) is 15.9. The molecule has 2 aromatic heterocycles. The summed E-state index contributed by atoms with van der Waals surface area (Å²) in [6.45, 7) is 1.75. The molecule has 138 valence electrons. The number of aromatic nitrogens is 3. The van der Waals surface area contributed by atoms with Crippen LogP contribution in [0.15, 0.2) is 30.1 Å². The van der Waals surface area contributed by atoms with Gasteiger partial charge in [0.25, 0.3) is 0 Å². The summed E-state index contributed by atoms with van der Waals surface area (Å²) in [5.41, 5.74) is 18.3. The van der Waals surface area contributed by atoms with Crippen molar-refractivity contribution in [2.45, 2.75) is 18.9 Å². The average Bonchev–Trinajstić information content (AvgIpc) is 2.77. The molecule has 0 aliphatic heterocycles. The molecule has 0 radical (unpaired) electrons. The first-order valence-electron chi connectivity index (χ1n) is 6.58. The number of allylic oxidation sites excluding steroid dienone is 2. The highest BCUT2D eigenvalue weighted by molar-refractivity contribution is 7.18. The van der Waals surface area contributed by atoms with E-state index in [4.69, 9.17) is 17.2 Å². The SMILES string of the molecule is Cc1nc(N)sc1-c1nc(C2(N)C=CC=C(N)C2)ncc1F.Cl.Cl.N. The van der Waals surface area contributed by atoms with Crippen molar-refractivity contribution < 1.29 is 4.39 Å². The molecule has 3 rings (SSSR count). The lowest BCUT2D eigenvalue weighted by Crippen LogP contribution is -2.39. The van der Waals surface area contributed by atoms with Crippen LogP contribution in [0, 0.1) is 12.7 Å². The molecule has 2 aromatic rings. The molecule has 1 aliphatic carbocycles. The number of rotatable bonds is 2. The van der Waals surface area contributed by atoms with Crippen molar-refractivity contribution in [1.29, 1.82) is 0 Å². The molecule has 11 heteroatoms. The van der Waals surface area contributed by atoms with Gasteiger partial charge in [-0.1, -0.05) is 23.5 Å². The lowest BCUT2D eigenvalue weighted by Gasteiger charge is -2.27. The van der Waals surface area contributed by atoms with Crippen LogP contribution in [0.4, 0.5) is 9.52 Å². The minimum Gasteiger partial charge on any atom is -0.402 e. The van der Waals surface area contributed by atoms with Crippen LogP contribution in [0.25, 0.3) is 10.6 Å². The summed E-state index contributed by atoms with van der Waals surface area (Å²) in [5.74, 6) is -0.232. The van der Waals surface area contributed by atoms with E-state index >= 15 is 0 Å². The zero-order valence-electron chi connectivity index (χ0n) is 13.4. The Balaban J connectivity index is 0.00000192. The molecule has 1 unspecified atom stereocenters. The highest BCUT2D eigenvalue weighted by Gasteiger charge is 2.31. The van der Waals surface area contributed by atoms with E-state index < -0.39 is 11.4 Å². The van der Waals surface area contributed by atoms with Crippen molar-refractivity contribution in [2.75, 3.05) is 5.73 Å². The molecule has 0 bridgehead atoms. The molecule has 1 atom stereocenters. The van der Waals surface area contributed by atoms with Crippen LogP contribution in [-0.2, 0) is 5.54 Å². The second kappa shape index (κ2) is 8.54. The van der Waals surface area contributed by atoms with Gasteiger partial charge in [0, 0.05) is 12.1 Å². The van der Waals surface area contributed by atoms with Gasteiger partial charge in [-0.05, 0) is 13.0 Å². The van der Waals surface area contributed by atoms with Crippen molar-refractivity contribution in [3.05, 3.63) is 47.5 Å². The Labute approximate surface area is 161 Å². The quantitative estimate of drug-likeness (QED) is 0.596. The summed E-state index contributed by atoms with van der Waals surface area (Å²) in [5, 5.41) is 0.360. The second-order valence-electron chi connectivity index (χ2n) is 5.17. The van der Waals surface area contributed by atoms with E-state index in [0.717, 1.165) is 6.20 Å². The molecule has 2 heterocycles. The summed E-state index contributed by atoms with van der Waals surface area (Å²) in [7, 11) is 0. The first-order valence-corrected chi connectivity index (χ1v) is 7.40. The first-order chi connectivity index (χ1) is 10.4. The van der Waals surface area contributed by atoms with Crippen LogP contribution >= 0.6 is 36.2 Å². The zero-order valence-corrected chi connectivity index (χ0v) is 15.8. The Morgan fingerprint density at radius 2 is 1.92 bits per heavy atom. The Kier molecular flexibility index (Phi) is 7.94. The monoisotopic (exact) mass is 407 g/mol. The van der Waals surface area contributed by atoms with E-state index in [1.807, 2.05) is 0 Å². The standard InChI is InChI=1S/C14H15FN6S.2ClH.H3N/c1-7-11(22-13(17)20-7)10-9(15)6-19-12(21-10)14(18)4-2-3-8(16)5-14;;;/h2-4,6H,5,16,18H2,1H3,(H2,17,20);2*1H;1H3. The van der Waals surface area contributed by atoms with Gasteiger partial charge >= 0.3 is 0 Å². The van der Waals surface area contributed by atoms with Gasteiger partial charge in [-0.3, -0.25) is 0 Å². The molecule has 25 heavy (non-hydrogen) atoms. The minimum atomic E-state index is -0.953. The predicted molar refractivity (Wildman–Crippen MR) is 104 cm³/mol. The Bertz CT molecular complexity index is 808. The molecule has 0 saturated heterocycles.